The van der Waals surface area contributed by atoms with Gasteiger partial charge in [0, 0.05) is 25.6 Å². The molecule has 0 saturated carbocycles. The Morgan fingerprint density at radius 1 is 1.40 bits per heavy atom. The van der Waals surface area contributed by atoms with E-state index in [2.05, 4.69) is 15.0 Å². The van der Waals surface area contributed by atoms with Crippen LogP contribution < -0.4 is 0 Å². The Bertz CT molecular complexity index is 504. The number of rotatable bonds is 2. The van der Waals surface area contributed by atoms with E-state index < -0.39 is 0 Å². The molecule has 76 valence electrons. The molecule has 0 aliphatic rings. The predicted octanol–water partition coefficient (Wildman–Crippen LogP) is 0.750. The van der Waals surface area contributed by atoms with Gasteiger partial charge in [-0.2, -0.15) is 0 Å². The second kappa shape index (κ2) is 3.61. The van der Waals surface area contributed by atoms with Crippen molar-refractivity contribution in [2.45, 2.75) is 6.92 Å². The molecule has 0 bridgehead atoms. The van der Waals surface area contributed by atoms with Crippen molar-refractivity contribution in [3.63, 3.8) is 0 Å². The first-order valence-electron chi connectivity index (χ1n) is 4.49. The number of aryl methyl sites for hydroxylation is 2. The summed E-state index contributed by atoms with van der Waals surface area (Å²) in [4.78, 5) is 23.8. The molecule has 2 aromatic heterocycles. The van der Waals surface area contributed by atoms with Crippen LogP contribution in [0.1, 0.15) is 21.9 Å². The Labute approximate surface area is 86.8 Å². The fraction of sp³-hybridized carbons (Fsp3) is 0.200. The molecule has 0 spiro atoms. The van der Waals surface area contributed by atoms with E-state index in [4.69, 9.17) is 0 Å². The van der Waals surface area contributed by atoms with Crippen molar-refractivity contribution in [3.05, 3.63) is 42.0 Å². The van der Waals surface area contributed by atoms with Gasteiger partial charge in [0.1, 0.15) is 6.33 Å². The van der Waals surface area contributed by atoms with Gasteiger partial charge in [-0.15, -0.1) is 0 Å². The predicted molar refractivity (Wildman–Crippen MR) is 53.4 cm³/mol. The number of aromatic nitrogens is 4. The quantitative estimate of drug-likeness (QED) is 0.674. The minimum Gasteiger partial charge on any atom is -0.331 e. The summed E-state index contributed by atoms with van der Waals surface area (Å²) in [5.41, 5.74) is 1.16. The van der Waals surface area contributed by atoms with Gasteiger partial charge >= 0.3 is 0 Å². The smallest absolute Gasteiger partial charge is 0.231 e. The summed E-state index contributed by atoms with van der Waals surface area (Å²) in [5.74, 6) is 0.244. The number of carbonyl (C=O) groups is 1. The molecule has 0 N–H and O–H groups in total. The van der Waals surface area contributed by atoms with Crippen LogP contribution in [0.15, 0.2) is 24.9 Å². The highest BCUT2D eigenvalue weighted by Gasteiger charge is 2.16. The molecule has 2 rings (SSSR count). The molecule has 0 amide bonds. The van der Waals surface area contributed by atoms with Crippen molar-refractivity contribution in [1.29, 1.82) is 0 Å². The minimum absolute atomic E-state index is 0.152. The molecule has 0 fully saturated rings. The van der Waals surface area contributed by atoms with Crippen molar-refractivity contribution < 1.29 is 4.79 Å². The number of hydrogen-bond donors (Lipinski definition) is 0. The van der Waals surface area contributed by atoms with Gasteiger partial charge in [0.05, 0.1) is 11.3 Å². The molecule has 0 aliphatic heterocycles. The standard InChI is InChI=1S/C10H10N4O/c1-7-8(5-11-6-13-7)9(15)10-12-3-4-14(10)2/h3-6H,1-2H3. The van der Waals surface area contributed by atoms with Crippen LogP contribution in [0, 0.1) is 6.92 Å². The zero-order valence-electron chi connectivity index (χ0n) is 8.51. The summed E-state index contributed by atoms with van der Waals surface area (Å²) in [6.45, 7) is 1.78. The van der Waals surface area contributed by atoms with Gasteiger partial charge in [-0.1, -0.05) is 0 Å². The van der Waals surface area contributed by atoms with Gasteiger partial charge in [-0.05, 0) is 6.92 Å². The topological polar surface area (TPSA) is 60.7 Å². The normalized spacial score (nSPS) is 10.3. The molecular weight excluding hydrogens is 192 g/mol. The van der Waals surface area contributed by atoms with E-state index in [0.29, 0.717) is 17.1 Å². The van der Waals surface area contributed by atoms with Gasteiger partial charge in [0.2, 0.25) is 5.78 Å². The maximum Gasteiger partial charge on any atom is 0.231 e. The summed E-state index contributed by atoms with van der Waals surface area (Å²) in [6, 6.07) is 0. The third-order valence-electron chi connectivity index (χ3n) is 2.18. The fourth-order valence-corrected chi connectivity index (χ4v) is 1.32. The third kappa shape index (κ3) is 1.63. The maximum atomic E-state index is 12.0. The van der Waals surface area contributed by atoms with Gasteiger partial charge in [-0.3, -0.25) is 4.79 Å². The lowest BCUT2D eigenvalue weighted by molar-refractivity contribution is 0.102. The molecule has 0 aliphatic carbocycles. The number of carbonyl (C=O) groups excluding carboxylic acids is 1. The molecule has 5 nitrogen and oxygen atoms in total. The number of ketones is 1. The number of nitrogens with zero attached hydrogens (tertiary/aromatic N) is 4. The summed E-state index contributed by atoms with van der Waals surface area (Å²) < 4.78 is 1.68. The van der Waals surface area contributed by atoms with Crippen molar-refractivity contribution >= 4 is 5.78 Å². The lowest BCUT2D eigenvalue weighted by Crippen LogP contribution is -2.11. The summed E-state index contributed by atoms with van der Waals surface area (Å²) >= 11 is 0. The number of hydrogen-bond acceptors (Lipinski definition) is 4. The highest BCUT2D eigenvalue weighted by molar-refractivity contribution is 6.07. The molecule has 0 saturated heterocycles. The summed E-state index contributed by atoms with van der Waals surface area (Å²) in [6.07, 6.45) is 6.25. The van der Waals surface area contributed by atoms with Gasteiger partial charge < -0.3 is 4.57 Å². The average molecular weight is 202 g/mol. The van der Waals surface area contributed by atoms with E-state index in [9.17, 15) is 4.79 Å². The minimum atomic E-state index is -0.152. The van der Waals surface area contributed by atoms with Crippen molar-refractivity contribution in [3.8, 4) is 0 Å². The maximum absolute atomic E-state index is 12.0. The lowest BCUT2D eigenvalue weighted by Gasteiger charge is -2.02. The molecule has 0 unspecified atom stereocenters. The van der Waals surface area contributed by atoms with E-state index in [0.717, 1.165) is 0 Å². The zero-order valence-corrected chi connectivity index (χ0v) is 8.51. The van der Waals surface area contributed by atoms with Gasteiger partial charge in [0.15, 0.2) is 5.82 Å². The molecule has 5 heteroatoms. The van der Waals surface area contributed by atoms with Crippen LogP contribution in [0.5, 0.6) is 0 Å². The average Bonchev–Trinajstić information content (AvgIpc) is 2.64. The Kier molecular flexibility index (Phi) is 2.29. The second-order valence-electron chi connectivity index (χ2n) is 3.21. The first kappa shape index (κ1) is 9.51. The summed E-state index contributed by atoms with van der Waals surface area (Å²) in [5, 5.41) is 0. The van der Waals surface area contributed by atoms with Crippen LogP contribution in [0.4, 0.5) is 0 Å². The largest absolute Gasteiger partial charge is 0.331 e. The SMILES string of the molecule is Cc1ncncc1C(=O)c1nccn1C. The van der Waals surface area contributed by atoms with Crippen LogP contribution in [0.2, 0.25) is 0 Å². The monoisotopic (exact) mass is 202 g/mol. The van der Waals surface area contributed by atoms with E-state index >= 15 is 0 Å². The van der Waals surface area contributed by atoms with Gasteiger partial charge in [0.25, 0.3) is 0 Å². The molecular formula is C10H10N4O. The molecule has 2 heterocycles. The lowest BCUT2D eigenvalue weighted by atomic mass is 10.1. The first-order valence-corrected chi connectivity index (χ1v) is 4.49. The van der Waals surface area contributed by atoms with E-state index in [1.54, 1.807) is 30.9 Å². The van der Waals surface area contributed by atoms with Crippen molar-refractivity contribution in [1.82, 2.24) is 19.5 Å². The van der Waals surface area contributed by atoms with E-state index in [1.165, 1.54) is 12.5 Å². The Morgan fingerprint density at radius 3 is 2.80 bits per heavy atom. The van der Waals surface area contributed by atoms with Crippen LogP contribution in [-0.2, 0) is 7.05 Å². The number of imidazole rings is 1. The molecule has 0 radical (unpaired) electrons. The zero-order chi connectivity index (χ0) is 10.8. The molecule has 15 heavy (non-hydrogen) atoms. The first-order chi connectivity index (χ1) is 7.20. The summed E-state index contributed by atoms with van der Waals surface area (Å²) in [7, 11) is 1.78. The Morgan fingerprint density at radius 2 is 2.20 bits per heavy atom. The third-order valence-corrected chi connectivity index (χ3v) is 2.18. The van der Waals surface area contributed by atoms with Crippen LogP contribution in [-0.4, -0.2) is 25.3 Å². The van der Waals surface area contributed by atoms with Crippen LogP contribution in [0.25, 0.3) is 0 Å². The van der Waals surface area contributed by atoms with Crippen molar-refractivity contribution in [2.24, 2.45) is 7.05 Å². The molecule has 0 aromatic carbocycles. The van der Waals surface area contributed by atoms with E-state index in [-0.39, 0.29) is 5.78 Å². The highest BCUT2D eigenvalue weighted by atomic mass is 16.1. The highest BCUT2D eigenvalue weighted by Crippen LogP contribution is 2.08. The van der Waals surface area contributed by atoms with Gasteiger partial charge in [-0.25, -0.2) is 15.0 Å². The van der Waals surface area contributed by atoms with Crippen LogP contribution >= 0.6 is 0 Å². The Balaban J connectivity index is 2.46. The molecule has 2 aromatic rings. The second-order valence-corrected chi connectivity index (χ2v) is 3.21. The van der Waals surface area contributed by atoms with E-state index in [1.807, 2.05) is 0 Å². The van der Waals surface area contributed by atoms with Crippen LogP contribution in [0.3, 0.4) is 0 Å². The fourth-order valence-electron chi connectivity index (χ4n) is 1.32. The van der Waals surface area contributed by atoms with Crippen molar-refractivity contribution in [2.75, 3.05) is 0 Å². The Hall–Kier alpha value is -2.04. The molecule has 0 atom stereocenters.